The van der Waals surface area contributed by atoms with E-state index in [1.54, 1.807) is 0 Å². The van der Waals surface area contributed by atoms with Gasteiger partial charge in [0, 0.05) is 4.88 Å². The first-order chi connectivity index (χ1) is 7.67. The van der Waals surface area contributed by atoms with Crippen LogP contribution >= 0.6 is 11.3 Å². The van der Waals surface area contributed by atoms with Gasteiger partial charge in [0.25, 0.3) is 0 Å². The van der Waals surface area contributed by atoms with Crippen molar-refractivity contribution < 1.29 is 14.3 Å². The van der Waals surface area contributed by atoms with E-state index >= 15 is 0 Å². The number of carbonyl (C=O) groups excluding carboxylic acids is 2. The van der Waals surface area contributed by atoms with Crippen LogP contribution in [-0.4, -0.2) is 37.0 Å². The second-order valence-corrected chi connectivity index (χ2v) is 4.14. The van der Waals surface area contributed by atoms with Crippen LogP contribution in [0.15, 0.2) is 17.5 Å². The molecule has 0 saturated heterocycles. The van der Waals surface area contributed by atoms with Gasteiger partial charge in [-0.05, 0) is 11.4 Å². The van der Waals surface area contributed by atoms with E-state index in [2.05, 4.69) is 4.74 Å². The van der Waals surface area contributed by atoms with Crippen LogP contribution in [0.3, 0.4) is 0 Å². The molecule has 6 heteroatoms. The summed E-state index contributed by atoms with van der Waals surface area (Å²) in [5, 5.41) is 1.92. The average Bonchev–Trinajstić information content (AvgIpc) is 2.79. The fourth-order valence-electron chi connectivity index (χ4n) is 1.17. The molecule has 5 nitrogen and oxygen atoms in total. The van der Waals surface area contributed by atoms with Crippen LogP contribution < -0.4 is 5.73 Å². The summed E-state index contributed by atoms with van der Waals surface area (Å²) in [6, 6.07) is 3.79. The zero-order valence-electron chi connectivity index (χ0n) is 9.01. The molecule has 16 heavy (non-hydrogen) atoms. The Hall–Kier alpha value is -1.40. The molecule has 2 N–H and O–H groups in total. The van der Waals surface area contributed by atoms with Gasteiger partial charge in [0.05, 0.1) is 20.2 Å². The molecule has 0 atom stereocenters. The molecule has 1 rings (SSSR count). The third kappa shape index (κ3) is 3.63. The lowest BCUT2D eigenvalue weighted by Crippen LogP contribution is -2.39. The minimum Gasteiger partial charge on any atom is -0.468 e. The van der Waals surface area contributed by atoms with E-state index in [-0.39, 0.29) is 19.0 Å². The summed E-state index contributed by atoms with van der Waals surface area (Å²) >= 11 is 1.53. The predicted molar refractivity (Wildman–Crippen MR) is 60.8 cm³/mol. The van der Waals surface area contributed by atoms with Gasteiger partial charge in [0.1, 0.15) is 6.54 Å². The van der Waals surface area contributed by atoms with Crippen LogP contribution in [0.5, 0.6) is 0 Å². The van der Waals surface area contributed by atoms with Crippen molar-refractivity contribution in [3.05, 3.63) is 22.4 Å². The lowest BCUT2D eigenvalue weighted by atomic mass is 10.4. The Kier molecular flexibility index (Phi) is 4.94. The lowest BCUT2D eigenvalue weighted by molar-refractivity contribution is -0.146. The number of thiophene rings is 1. The van der Waals surface area contributed by atoms with E-state index in [1.807, 2.05) is 17.5 Å². The third-order valence-electron chi connectivity index (χ3n) is 2.00. The van der Waals surface area contributed by atoms with E-state index in [9.17, 15) is 9.59 Å². The second kappa shape index (κ2) is 6.24. The minimum atomic E-state index is -0.446. The third-order valence-corrected chi connectivity index (χ3v) is 2.86. The maximum Gasteiger partial charge on any atom is 0.325 e. The maximum atomic E-state index is 11.5. The molecule has 0 radical (unpaired) electrons. The summed E-state index contributed by atoms with van der Waals surface area (Å²) < 4.78 is 4.52. The molecule has 0 aliphatic carbocycles. The largest absolute Gasteiger partial charge is 0.468 e. The first-order valence-corrected chi connectivity index (χ1v) is 5.62. The van der Waals surface area contributed by atoms with Gasteiger partial charge in [-0.15, -0.1) is 11.3 Å². The van der Waals surface area contributed by atoms with E-state index in [0.717, 1.165) is 4.88 Å². The van der Waals surface area contributed by atoms with Crippen LogP contribution in [0.2, 0.25) is 0 Å². The molecule has 1 heterocycles. The number of methoxy groups -OCH3 is 1. The van der Waals surface area contributed by atoms with Crippen LogP contribution in [0.4, 0.5) is 0 Å². The number of nitrogens with zero attached hydrogens (tertiary/aromatic N) is 1. The second-order valence-electron chi connectivity index (χ2n) is 3.11. The number of nitrogens with two attached hydrogens (primary N) is 1. The molecule has 1 aromatic heterocycles. The molecule has 88 valence electrons. The summed E-state index contributed by atoms with van der Waals surface area (Å²) in [6.07, 6.45) is 0. The van der Waals surface area contributed by atoms with Gasteiger partial charge in [-0.3, -0.25) is 9.59 Å². The monoisotopic (exact) mass is 242 g/mol. The highest BCUT2D eigenvalue weighted by Gasteiger charge is 2.16. The Bertz CT molecular complexity index is 351. The maximum absolute atomic E-state index is 11.5. The highest BCUT2D eigenvalue weighted by Crippen LogP contribution is 2.11. The summed E-state index contributed by atoms with van der Waals surface area (Å²) in [7, 11) is 1.29. The fourth-order valence-corrected chi connectivity index (χ4v) is 1.89. The van der Waals surface area contributed by atoms with E-state index in [0.29, 0.717) is 6.54 Å². The van der Waals surface area contributed by atoms with Crippen LogP contribution in [0.25, 0.3) is 0 Å². The van der Waals surface area contributed by atoms with Gasteiger partial charge in [0.15, 0.2) is 0 Å². The van der Waals surface area contributed by atoms with Gasteiger partial charge in [-0.1, -0.05) is 6.07 Å². The van der Waals surface area contributed by atoms with Crippen LogP contribution in [-0.2, 0) is 20.9 Å². The molecule has 0 aliphatic rings. The number of amides is 1. The van der Waals surface area contributed by atoms with Crippen molar-refractivity contribution in [3.8, 4) is 0 Å². The Balaban J connectivity index is 2.64. The van der Waals surface area contributed by atoms with Gasteiger partial charge < -0.3 is 15.4 Å². The molecule has 0 aliphatic heterocycles. The first-order valence-electron chi connectivity index (χ1n) is 4.74. The highest BCUT2D eigenvalue weighted by atomic mass is 32.1. The van der Waals surface area contributed by atoms with Crippen molar-refractivity contribution in [2.45, 2.75) is 6.54 Å². The molecule has 0 fully saturated rings. The SMILES string of the molecule is COC(=O)CN(Cc1cccs1)C(=O)CN. The van der Waals surface area contributed by atoms with Gasteiger partial charge in [-0.25, -0.2) is 0 Å². The molecule has 0 bridgehead atoms. The zero-order valence-corrected chi connectivity index (χ0v) is 9.83. The molecular formula is C10H14N2O3S. The number of ether oxygens (including phenoxy) is 1. The van der Waals surface area contributed by atoms with Crippen molar-refractivity contribution in [3.63, 3.8) is 0 Å². The fraction of sp³-hybridized carbons (Fsp3) is 0.400. The summed E-state index contributed by atoms with van der Waals surface area (Å²) in [6.45, 7) is 0.218. The number of hydrogen-bond donors (Lipinski definition) is 1. The Morgan fingerprint density at radius 2 is 2.31 bits per heavy atom. The quantitative estimate of drug-likeness (QED) is 0.749. The van der Waals surface area contributed by atoms with E-state index in [4.69, 9.17) is 5.73 Å². The van der Waals surface area contributed by atoms with Gasteiger partial charge in [0.2, 0.25) is 5.91 Å². The van der Waals surface area contributed by atoms with Crippen molar-refractivity contribution in [2.75, 3.05) is 20.2 Å². The first kappa shape index (κ1) is 12.7. The number of carbonyl (C=O) groups is 2. The molecule has 0 unspecified atom stereocenters. The molecule has 1 aromatic rings. The van der Waals surface area contributed by atoms with E-state index in [1.165, 1.54) is 23.3 Å². The van der Waals surface area contributed by atoms with Crippen molar-refractivity contribution in [2.24, 2.45) is 5.73 Å². The molecule has 1 amide bonds. The highest BCUT2D eigenvalue weighted by molar-refractivity contribution is 7.09. The number of rotatable bonds is 5. The number of esters is 1. The molecule has 0 spiro atoms. The molecule has 0 aromatic carbocycles. The van der Waals surface area contributed by atoms with Gasteiger partial charge in [-0.2, -0.15) is 0 Å². The summed E-state index contributed by atoms with van der Waals surface area (Å²) in [4.78, 5) is 25.0. The smallest absolute Gasteiger partial charge is 0.325 e. The van der Waals surface area contributed by atoms with Crippen molar-refractivity contribution in [1.29, 1.82) is 0 Å². The van der Waals surface area contributed by atoms with Crippen LogP contribution in [0, 0.1) is 0 Å². The van der Waals surface area contributed by atoms with Crippen molar-refractivity contribution >= 4 is 23.2 Å². The number of hydrogen-bond acceptors (Lipinski definition) is 5. The summed E-state index contributed by atoms with van der Waals surface area (Å²) in [5.74, 6) is -0.711. The average molecular weight is 242 g/mol. The minimum absolute atomic E-state index is 0.0650. The molecular weight excluding hydrogens is 228 g/mol. The Labute approximate surface area is 97.8 Å². The Morgan fingerprint density at radius 1 is 1.56 bits per heavy atom. The normalized spacial score (nSPS) is 9.88. The molecule has 0 saturated carbocycles. The van der Waals surface area contributed by atoms with Crippen molar-refractivity contribution in [1.82, 2.24) is 4.90 Å². The Morgan fingerprint density at radius 3 is 2.81 bits per heavy atom. The standard InChI is InChI=1S/C10H14N2O3S/c1-15-10(14)7-12(9(13)5-11)6-8-3-2-4-16-8/h2-4H,5-7,11H2,1H3. The topological polar surface area (TPSA) is 72.6 Å². The van der Waals surface area contributed by atoms with Gasteiger partial charge >= 0.3 is 5.97 Å². The predicted octanol–water partition coefficient (Wildman–Crippen LogP) is 0.208. The lowest BCUT2D eigenvalue weighted by Gasteiger charge is -2.19. The van der Waals surface area contributed by atoms with E-state index < -0.39 is 5.97 Å². The van der Waals surface area contributed by atoms with Crippen LogP contribution in [0.1, 0.15) is 4.88 Å². The zero-order chi connectivity index (χ0) is 12.0. The summed E-state index contributed by atoms with van der Waals surface area (Å²) in [5.41, 5.74) is 5.28.